The zero-order valence-corrected chi connectivity index (χ0v) is 10.5. The van der Waals surface area contributed by atoms with Crippen molar-refractivity contribution in [2.45, 2.75) is 6.92 Å². The summed E-state index contributed by atoms with van der Waals surface area (Å²) < 4.78 is 0. The van der Waals surface area contributed by atoms with Crippen molar-refractivity contribution in [3.8, 4) is 6.07 Å². The molecule has 2 aromatic rings. The molecule has 0 fully saturated rings. The number of nitriles is 1. The molecule has 0 spiro atoms. The first kappa shape index (κ1) is 12.2. The third-order valence-electron chi connectivity index (χ3n) is 2.40. The average molecular weight is 259 g/mol. The summed E-state index contributed by atoms with van der Waals surface area (Å²) in [5.41, 5.74) is 8.20. The number of hydrogen-bond acceptors (Lipinski definition) is 4. The number of halogens is 1. The molecule has 1 aromatic carbocycles. The number of aryl methyl sites for hydroxylation is 1. The molecule has 0 unspecified atom stereocenters. The largest absolute Gasteiger partial charge is 0.397 e. The Labute approximate surface area is 110 Å². The minimum atomic E-state index is 0.382. The van der Waals surface area contributed by atoms with Crippen molar-refractivity contribution in [1.82, 2.24) is 4.98 Å². The fourth-order valence-corrected chi connectivity index (χ4v) is 1.69. The zero-order chi connectivity index (χ0) is 13.1. The number of rotatable bonds is 2. The van der Waals surface area contributed by atoms with Crippen LogP contribution in [0, 0.1) is 18.3 Å². The van der Waals surface area contributed by atoms with Gasteiger partial charge < -0.3 is 11.1 Å². The Morgan fingerprint density at radius 2 is 2.17 bits per heavy atom. The predicted octanol–water partition coefficient (Wildman–Crippen LogP) is 3.24. The maximum absolute atomic E-state index is 9.03. The number of nitrogens with one attached hydrogen (secondary N) is 1. The van der Waals surface area contributed by atoms with Gasteiger partial charge in [0.2, 0.25) is 0 Å². The Morgan fingerprint density at radius 3 is 2.89 bits per heavy atom. The molecule has 2 rings (SSSR count). The molecular formula is C13H11ClN4. The summed E-state index contributed by atoms with van der Waals surface area (Å²) in [5, 5.41) is 12.6. The van der Waals surface area contributed by atoms with E-state index in [1.807, 2.05) is 25.1 Å². The van der Waals surface area contributed by atoms with Gasteiger partial charge in [0.25, 0.3) is 0 Å². The van der Waals surface area contributed by atoms with Gasteiger partial charge in [-0.15, -0.1) is 0 Å². The Kier molecular flexibility index (Phi) is 3.35. The van der Waals surface area contributed by atoms with Crippen molar-refractivity contribution in [2.75, 3.05) is 11.1 Å². The highest BCUT2D eigenvalue weighted by Crippen LogP contribution is 2.27. The Morgan fingerprint density at radius 1 is 1.39 bits per heavy atom. The Bertz CT molecular complexity index is 631. The smallest absolute Gasteiger partial charge is 0.148 e. The number of benzene rings is 1. The van der Waals surface area contributed by atoms with Crippen molar-refractivity contribution in [3.63, 3.8) is 0 Å². The van der Waals surface area contributed by atoms with Crippen molar-refractivity contribution < 1.29 is 0 Å². The molecule has 0 aliphatic carbocycles. The van der Waals surface area contributed by atoms with Gasteiger partial charge in [-0.1, -0.05) is 17.7 Å². The molecule has 1 aromatic heterocycles. The number of pyridine rings is 1. The maximum atomic E-state index is 9.03. The number of nitrogens with zero attached hydrogens (tertiary/aromatic N) is 2. The molecule has 0 saturated heterocycles. The fourth-order valence-electron chi connectivity index (χ4n) is 1.53. The van der Waals surface area contributed by atoms with E-state index >= 15 is 0 Å². The number of anilines is 3. The molecule has 0 radical (unpaired) electrons. The van der Waals surface area contributed by atoms with Crippen LogP contribution in [0.5, 0.6) is 0 Å². The van der Waals surface area contributed by atoms with Crippen LogP contribution >= 0.6 is 11.6 Å². The Balaban J connectivity index is 2.40. The number of aromatic nitrogens is 1. The number of nitrogen functional groups attached to an aromatic ring is 1. The molecule has 3 N–H and O–H groups in total. The fraction of sp³-hybridized carbons (Fsp3) is 0.0769. The lowest BCUT2D eigenvalue weighted by molar-refractivity contribution is 1.28. The van der Waals surface area contributed by atoms with E-state index in [9.17, 15) is 0 Å². The van der Waals surface area contributed by atoms with Crippen LogP contribution in [-0.4, -0.2) is 4.98 Å². The first-order chi connectivity index (χ1) is 8.60. The van der Waals surface area contributed by atoms with Gasteiger partial charge in [-0.3, -0.25) is 0 Å². The van der Waals surface area contributed by atoms with Crippen LogP contribution in [0.4, 0.5) is 17.2 Å². The van der Waals surface area contributed by atoms with Gasteiger partial charge in [0.1, 0.15) is 11.9 Å². The standard InChI is InChI=1S/C13H11ClN4/c1-8-2-3-11(14)12(4-8)18-13-9(6-15)5-10(16)7-17-13/h2-5,7H,16H2,1H3,(H,17,18). The summed E-state index contributed by atoms with van der Waals surface area (Å²) in [5.74, 6) is 0.444. The number of hydrogen-bond donors (Lipinski definition) is 2. The second-order valence-electron chi connectivity index (χ2n) is 3.88. The van der Waals surface area contributed by atoms with E-state index < -0.39 is 0 Å². The highest BCUT2D eigenvalue weighted by atomic mass is 35.5. The lowest BCUT2D eigenvalue weighted by atomic mass is 10.2. The monoisotopic (exact) mass is 258 g/mol. The van der Waals surface area contributed by atoms with Crippen LogP contribution in [0.1, 0.15) is 11.1 Å². The molecule has 0 aliphatic heterocycles. The summed E-state index contributed by atoms with van der Waals surface area (Å²) in [4.78, 5) is 4.10. The minimum absolute atomic E-state index is 0.382. The highest BCUT2D eigenvalue weighted by Gasteiger charge is 2.07. The normalized spacial score (nSPS) is 9.83. The highest BCUT2D eigenvalue weighted by molar-refractivity contribution is 6.33. The third-order valence-corrected chi connectivity index (χ3v) is 2.73. The van der Waals surface area contributed by atoms with Gasteiger partial charge in [-0.05, 0) is 30.7 Å². The van der Waals surface area contributed by atoms with Gasteiger partial charge in [-0.2, -0.15) is 5.26 Å². The second-order valence-corrected chi connectivity index (χ2v) is 4.29. The van der Waals surface area contributed by atoms with Gasteiger partial charge in [0, 0.05) is 0 Å². The van der Waals surface area contributed by atoms with Crippen LogP contribution in [0.15, 0.2) is 30.5 Å². The second kappa shape index (κ2) is 4.94. The molecule has 90 valence electrons. The molecule has 0 saturated carbocycles. The van der Waals surface area contributed by atoms with Gasteiger partial charge in [-0.25, -0.2) is 4.98 Å². The van der Waals surface area contributed by atoms with Crippen LogP contribution in [0.25, 0.3) is 0 Å². The van der Waals surface area contributed by atoms with Gasteiger partial charge in [0.05, 0.1) is 28.2 Å². The molecule has 0 bridgehead atoms. The van der Waals surface area contributed by atoms with Gasteiger partial charge >= 0.3 is 0 Å². The number of nitrogens with two attached hydrogens (primary N) is 1. The van der Waals surface area contributed by atoms with Crippen molar-refractivity contribution in [1.29, 1.82) is 5.26 Å². The summed E-state index contributed by atoms with van der Waals surface area (Å²) in [7, 11) is 0. The summed E-state index contributed by atoms with van der Waals surface area (Å²) in [6, 6.07) is 9.21. The molecule has 1 heterocycles. The predicted molar refractivity (Wildman–Crippen MR) is 72.8 cm³/mol. The Hall–Kier alpha value is -2.25. The summed E-state index contributed by atoms with van der Waals surface area (Å²) in [6.45, 7) is 1.96. The van der Waals surface area contributed by atoms with E-state index in [2.05, 4.69) is 10.3 Å². The average Bonchev–Trinajstić information content (AvgIpc) is 2.36. The summed E-state index contributed by atoms with van der Waals surface area (Å²) in [6.07, 6.45) is 1.49. The molecule has 0 atom stereocenters. The van der Waals surface area contributed by atoms with Crippen LogP contribution in [0.3, 0.4) is 0 Å². The van der Waals surface area contributed by atoms with E-state index in [1.165, 1.54) is 6.20 Å². The molecule has 0 aliphatic rings. The van der Waals surface area contributed by atoms with Crippen molar-refractivity contribution >= 4 is 28.8 Å². The molecule has 0 amide bonds. The van der Waals surface area contributed by atoms with Crippen LogP contribution in [0.2, 0.25) is 5.02 Å². The third kappa shape index (κ3) is 2.53. The van der Waals surface area contributed by atoms with Crippen LogP contribution in [-0.2, 0) is 0 Å². The van der Waals surface area contributed by atoms with E-state index in [0.717, 1.165) is 5.56 Å². The molecule has 18 heavy (non-hydrogen) atoms. The summed E-state index contributed by atoms with van der Waals surface area (Å²) >= 11 is 6.08. The van der Waals surface area contributed by atoms with Gasteiger partial charge in [0.15, 0.2) is 0 Å². The van der Waals surface area contributed by atoms with Crippen LogP contribution < -0.4 is 11.1 Å². The quantitative estimate of drug-likeness (QED) is 0.867. The van der Waals surface area contributed by atoms with E-state index in [-0.39, 0.29) is 0 Å². The lowest BCUT2D eigenvalue weighted by Gasteiger charge is -2.10. The molecular weight excluding hydrogens is 248 g/mol. The zero-order valence-electron chi connectivity index (χ0n) is 9.74. The lowest BCUT2D eigenvalue weighted by Crippen LogP contribution is -1.99. The van der Waals surface area contributed by atoms with Crippen molar-refractivity contribution in [3.05, 3.63) is 46.6 Å². The van der Waals surface area contributed by atoms with E-state index in [0.29, 0.717) is 27.8 Å². The SMILES string of the molecule is Cc1ccc(Cl)c(Nc2ncc(N)cc2C#N)c1. The van der Waals surface area contributed by atoms with E-state index in [1.54, 1.807) is 12.1 Å². The van der Waals surface area contributed by atoms with Crippen molar-refractivity contribution in [2.24, 2.45) is 0 Å². The molecule has 5 heteroatoms. The minimum Gasteiger partial charge on any atom is -0.397 e. The topological polar surface area (TPSA) is 74.7 Å². The van der Waals surface area contributed by atoms with E-state index in [4.69, 9.17) is 22.6 Å². The first-order valence-electron chi connectivity index (χ1n) is 5.29. The maximum Gasteiger partial charge on any atom is 0.148 e. The molecule has 4 nitrogen and oxygen atoms in total. The first-order valence-corrected chi connectivity index (χ1v) is 5.67.